The van der Waals surface area contributed by atoms with Gasteiger partial charge in [-0.3, -0.25) is 0 Å². The minimum absolute atomic E-state index is 0.0379. The SMILES string of the molecule is CCOC(=O)c1ccccc1S(=O)(=O)CC. The summed E-state index contributed by atoms with van der Waals surface area (Å²) in [7, 11) is -3.39. The van der Waals surface area contributed by atoms with Gasteiger partial charge in [-0.1, -0.05) is 19.1 Å². The van der Waals surface area contributed by atoms with Crippen molar-refractivity contribution in [2.75, 3.05) is 12.4 Å². The summed E-state index contributed by atoms with van der Waals surface area (Å²) in [6.45, 7) is 3.44. The zero-order valence-electron chi connectivity index (χ0n) is 9.26. The molecule has 0 unspecified atom stereocenters. The van der Waals surface area contributed by atoms with Gasteiger partial charge in [0.05, 0.1) is 22.8 Å². The molecule has 0 atom stereocenters. The molecular weight excluding hydrogens is 228 g/mol. The van der Waals surface area contributed by atoms with E-state index in [9.17, 15) is 13.2 Å². The highest BCUT2D eigenvalue weighted by Gasteiger charge is 2.20. The average Bonchev–Trinajstić information content (AvgIpc) is 2.29. The summed E-state index contributed by atoms with van der Waals surface area (Å²) in [5, 5.41) is 0. The van der Waals surface area contributed by atoms with Crippen LogP contribution in [-0.4, -0.2) is 26.7 Å². The zero-order valence-corrected chi connectivity index (χ0v) is 10.1. The lowest BCUT2D eigenvalue weighted by atomic mass is 10.2. The lowest BCUT2D eigenvalue weighted by Gasteiger charge is -2.07. The Morgan fingerprint density at radius 2 is 1.88 bits per heavy atom. The molecule has 88 valence electrons. The molecule has 0 saturated carbocycles. The molecule has 0 radical (unpaired) electrons. The molecule has 1 rings (SSSR count). The van der Waals surface area contributed by atoms with Gasteiger partial charge in [0.15, 0.2) is 9.84 Å². The first kappa shape index (κ1) is 12.7. The smallest absolute Gasteiger partial charge is 0.339 e. The van der Waals surface area contributed by atoms with E-state index >= 15 is 0 Å². The Morgan fingerprint density at radius 3 is 2.44 bits per heavy atom. The van der Waals surface area contributed by atoms with Crippen LogP contribution in [0.15, 0.2) is 29.2 Å². The average molecular weight is 242 g/mol. The summed E-state index contributed by atoms with van der Waals surface area (Å²) in [4.78, 5) is 11.6. The third-order valence-electron chi connectivity index (χ3n) is 2.10. The van der Waals surface area contributed by atoms with Gasteiger partial charge in [-0.25, -0.2) is 13.2 Å². The van der Waals surface area contributed by atoms with Gasteiger partial charge in [0.25, 0.3) is 0 Å². The van der Waals surface area contributed by atoms with Crippen molar-refractivity contribution >= 4 is 15.8 Å². The van der Waals surface area contributed by atoms with E-state index in [2.05, 4.69) is 0 Å². The Balaban J connectivity index is 3.26. The number of esters is 1. The Kier molecular flexibility index (Phi) is 4.06. The number of hydrogen-bond acceptors (Lipinski definition) is 4. The largest absolute Gasteiger partial charge is 0.462 e. The fourth-order valence-electron chi connectivity index (χ4n) is 1.27. The van der Waals surface area contributed by atoms with Crippen molar-refractivity contribution in [3.05, 3.63) is 29.8 Å². The highest BCUT2D eigenvalue weighted by molar-refractivity contribution is 7.91. The molecule has 0 fully saturated rings. The summed E-state index contributed by atoms with van der Waals surface area (Å²) < 4.78 is 28.3. The van der Waals surface area contributed by atoms with Crippen molar-refractivity contribution < 1.29 is 17.9 Å². The second kappa shape index (κ2) is 5.12. The van der Waals surface area contributed by atoms with E-state index < -0.39 is 15.8 Å². The van der Waals surface area contributed by atoms with Crippen LogP contribution in [0.2, 0.25) is 0 Å². The molecule has 0 aliphatic rings. The molecule has 4 nitrogen and oxygen atoms in total. The minimum Gasteiger partial charge on any atom is -0.462 e. The monoisotopic (exact) mass is 242 g/mol. The number of rotatable bonds is 4. The summed E-state index contributed by atoms with van der Waals surface area (Å²) in [6.07, 6.45) is 0. The first-order valence-corrected chi connectivity index (χ1v) is 6.67. The van der Waals surface area contributed by atoms with Crippen LogP contribution in [0.5, 0.6) is 0 Å². The summed E-state index contributed by atoms with van der Waals surface area (Å²) in [6, 6.07) is 6.08. The van der Waals surface area contributed by atoms with Crippen LogP contribution in [0.4, 0.5) is 0 Å². The third kappa shape index (κ3) is 2.61. The Hall–Kier alpha value is -1.36. The molecule has 0 saturated heterocycles. The van der Waals surface area contributed by atoms with Crippen molar-refractivity contribution in [1.29, 1.82) is 0 Å². The number of ether oxygens (including phenoxy) is 1. The Bertz CT molecular complexity index is 477. The lowest BCUT2D eigenvalue weighted by Crippen LogP contribution is -2.13. The third-order valence-corrected chi connectivity index (χ3v) is 3.88. The van der Waals surface area contributed by atoms with Crippen LogP contribution in [0.3, 0.4) is 0 Å². The van der Waals surface area contributed by atoms with Gasteiger partial charge < -0.3 is 4.74 Å². The summed E-state index contributed by atoms with van der Waals surface area (Å²) in [5.41, 5.74) is 0.103. The minimum atomic E-state index is -3.39. The number of benzene rings is 1. The van der Waals surface area contributed by atoms with Gasteiger partial charge in [0.2, 0.25) is 0 Å². The molecule has 0 N–H and O–H groups in total. The molecule has 0 amide bonds. The molecule has 0 aliphatic carbocycles. The van der Waals surface area contributed by atoms with E-state index in [-0.39, 0.29) is 22.8 Å². The number of sulfone groups is 1. The van der Waals surface area contributed by atoms with Crippen molar-refractivity contribution in [3.63, 3.8) is 0 Å². The highest BCUT2D eigenvalue weighted by Crippen LogP contribution is 2.17. The standard InChI is InChI=1S/C11H14O4S/c1-3-15-11(12)9-7-5-6-8-10(9)16(13,14)4-2/h5-8H,3-4H2,1-2H3. The predicted molar refractivity (Wildman–Crippen MR) is 60.1 cm³/mol. The molecule has 0 bridgehead atoms. The van der Waals surface area contributed by atoms with Gasteiger partial charge in [-0.05, 0) is 19.1 Å². The normalized spacial score (nSPS) is 11.1. The fraction of sp³-hybridized carbons (Fsp3) is 0.364. The fourth-order valence-corrected chi connectivity index (χ4v) is 2.35. The molecule has 0 spiro atoms. The number of carbonyl (C=O) groups excluding carboxylic acids is 1. The first-order valence-electron chi connectivity index (χ1n) is 5.01. The van der Waals surface area contributed by atoms with E-state index in [0.717, 1.165) is 0 Å². The van der Waals surface area contributed by atoms with Crippen molar-refractivity contribution in [2.24, 2.45) is 0 Å². The molecule has 0 heterocycles. The van der Waals surface area contributed by atoms with Gasteiger partial charge in [0.1, 0.15) is 0 Å². The zero-order chi connectivity index (χ0) is 12.2. The van der Waals surface area contributed by atoms with Crippen molar-refractivity contribution in [3.8, 4) is 0 Å². The van der Waals surface area contributed by atoms with Crippen LogP contribution >= 0.6 is 0 Å². The van der Waals surface area contributed by atoms with Gasteiger partial charge in [-0.15, -0.1) is 0 Å². The summed E-state index contributed by atoms with van der Waals surface area (Å²) >= 11 is 0. The van der Waals surface area contributed by atoms with Crippen LogP contribution in [0.25, 0.3) is 0 Å². The van der Waals surface area contributed by atoms with E-state index in [1.165, 1.54) is 19.1 Å². The van der Waals surface area contributed by atoms with Crippen LogP contribution in [-0.2, 0) is 14.6 Å². The van der Waals surface area contributed by atoms with E-state index in [1.807, 2.05) is 0 Å². The molecule has 0 aromatic heterocycles. The molecule has 1 aromatic rings. The lowest BCUT2D eigenvalue weighted by molar-refractivity contribution is 0.0522. The van der Waals surface area contributed by atoms with Crippen LogP contribution < -0.4 is 0 Å². The maximum atomic E-state index is 11.7. The van der Waals surface area contributed by atoms with Crippen LogP contribution in [0.1, 0.15) is 24.2 Å². The van der Waals surface area contributed by atoms with Gasteiger partial charge >= 0.3 is 5.97 Å². The highest BCUT2D eigenvalue weighted by atomic mass is 32.2. The number of hydrogen-bond donors (Lipinski definition) is 0. The second-order valence-corrected chi connectivity index (χ2v) is 5.37. The maximum absolute atomic E-state index is 11.7. The van der Waals surface area contributed by atoms with Gasteiger partial charge in [-0.2, -0.15) is 0 Å². The molecular formula is C11H14O4S. The van der Waals surface area contributed by atoms with E-state index in [1.54, 1.807) is 19.1 Å². The van der Waals surface area contributed by atoms with Gasteiger partial charge in [0, 0.05) is 0 Å². The van der Waals surface area contributed by atoms with E-state index in [0.29, 0.717) is 0 Å². The quantitative estimate of drug-likeness (QED) is 0.753. The Labute approximate surface area is 95.2 Å². The second-order valence-electron chi connectivity index (χ2n) is 3.12. The molecule has 16 heavy (non-hydrogen) atoms. The first-order chi connectivity index (χ1) is 7.53. The van der Waals surface area contributed by atoms with Crippen molar-refractivity contribution in [1.82, 2.24) is 0 Å². The van der Waals surface area contributed by atoms with Crippen LogP contribution in [0, 0.1) is 0 Å². The topological polar surface area (TPSA) is 60.4 Å². The molecule has 0 aliphatic heterocycles. The maximum Gasteiger partial charge on any atom is 0.339 e. The number of carbonyl (C=O) groups is 1. The Morgan fingerprint density at radius 1 is 1.25 bits per heavy atom. The molecule has 5 heteroatoms. The predicted octanol–water partition coefficient (Wildman–Crippen LogP) is 1.66. The summed E-state index contributed by atoms with van der Waals surface area (Å²) in [5.74, 6) is -0.640. The van der Waals surface area contributed by atoms with Crippen molar-refractivity contribution in [2.45, 2.75) is 18.7 Å². The molecule has 1 aromatic carbocycles. The van der Waals surface area contributed by atoms with E-state index in [4.69, 9.17) is 4.74 Å².